The Hall–Kier alpha value is -1.56. The van der Waals surface area contributed by atoms with Gasteiger partial charge in [0.1, 0.15) is 0 Å². The molecule has 0 spiro atoms. The molecule has 0 aliphatic rings. The van der Waals surface area contributed by atoms with Gasteiger partial charge in [0, 0.05) is 0 Å². The predicted molar refractivity (Wildman–Crippen MR) is 124 cm³/mol. The van der Waals surface area contributed by atoms with Crippen LogP contribution in [0.1, 0.15) is 87.5 Å². The van der Waals surface area contributed by atoms with Crippen LogP contribution >= 0.6 is 0 Å². The summed E-state index contributed by atoms with van der Waals surface area (Å²) in [6.07, 6.45) is 0. The van der Waals surface area contributed by atoms with Gasteiger partial charge in [0.25, 0.3) is 0 Å². The Morgan fingerprint density at radius 1 is 0.296 bits per heavy atom. The van der Waals surface area contributed by atoms with Crippen LogP contribution in [0.5, 0.6) is 0 Å². The lowest BCUT2D eigenvalue weighted by Gasteiger charge is -2.28. The van der Waals surface area contributed by atoms with Crippen molar-refractivity contribution in [3.8, 4) is 0 Å². The average Bonchev–Trinajstić information content (AvgIpc) is 2.59. The first-order chi connectivity index (χ1) is 12.1. The summed E-state index contributed by atoms with van der Waals surface area (Å²) in [5, 5.41) is 0. The zero-order chi connectivity index (χ0) is 21.4. The zero-order valence-corrected chi connectivity index (χ0v) is 20.5. The standard InChI is InChI=1S/C15H24.C12H18/c1-9-10(2)12(4)14(15(6,7)8)13(5)11(9)3;1-7-8(2)10(4)12(6)11(5)9(7)3/h1-8H3;1-6H3. The molecule has 0 fully saturated rings. The molecule has 0 atom stereocenters. The molecule has 2 aromatic carbocycles. The number of hydrogen-bond acceptors (Lipinski definition) is 0. The molecule has 2 aromatic rings. The third-order valence-corrected chi connectivity index (χ3v) is 7.12. The molecule has 0 saturated heterocycles. The minimum atomic E-state index is 0.247. The van der Waals surface area contributed by atoms with Gasteiger partial charge in [0.2, 0.25) is 0 Å². The molecule has 0 aromatic heterocycles. The number of hydrogen-bond donors (Lipinski definition) is 0. The fourth-order valence-corrected chi connectivity index (χ4v) is 4.31. The second kappa shape index (κ2) is 8.21. The highest BCUT2D eigenvalue weighted by Crippen LogP contribution is 2.34. The molecule has 0 aliphatic carbocycles. The molecule has 150 valence electrons. The van der Waals surface area contributed by atoms with Crippen LogP contribution in [0.15, 0.2) is 0 Å². The highest BCUT2D eigenvalue weighted by atomic mass is 14.3. The molecule has 0 nitrogen and oxygen atoms in total. The summed E-state index contributed by atoms with van der Waals surface area (Å²) < 4.78 is 0. The van der Waals surface area contributed by atoms with Gasteiger partial charge in [-0.05, 0) is 148 Å². The molecular weight excluding hydrogens is 324 g/mol. The first kappa shape index (κ1) is 23.5. The third-order valence-electron chi connectivity index (χ3n) is 7.12. The van der Waals surface area contributed by atoms with Crippen LogP contribution in [0.25, 0.3) is 0 Å². The van der Waals surface area contributed by atoms with E-state index in [0.29, 0.717) is 0 Å². The van der Waals surface area contributed by atoms with Gasteiger partial charge in [-0.25, -0.2) is 0 Å². The van der Waals surface area contributed by atoms with E-state index >= 15 is 0 Å². The van der Waals surface area contributed by atoms with E-state index in [1.807, 2.05) is 0 Å². The minimum absolute atomic E-state index is 0.247. The Morgan fingerprint density at radius 3 is 0.593 bits per heavy atom. The molecule has 0 bridgehead atoms. The predicted octanol–water partition coefficient (Wildman–Crippen LogP) is 8.06. The van der Waals surface area contributed by atoms with Crippen LogP contribution in [-0.4, -0.2) is 0 Å². The van der Waals surface area contributed by atoms with Gasteiger partial charge in [-0.1, -0.05) is 20.8 Å². The third kappa shape index (κ3) is 4.48. The maximum Gasteiger partial charge on any atom is -0.0126 e. The van der Waals surface area contributed by atoms with E-state index in [1.54, 1.807) is 0 Å². The molecule has 0 saturated carbocycles. The fraction of sp³-hybridized carbons (Fsp3) is 0.556. The van der Waals surface area contributed by atoms with Crippen LogP contribution in [0.3, 0.4) is 0 Å². The molecule has 27 heavy (non-hydrogen) atoms. The SMILES string of the molecule is Cc1c(C)c(C)c(C(C)(C)C)c(C)c1C.Cc1c(C)c(C)c(C)c(C)c1C. The molecule has 0 unspecified atom stereocenters. The van der Waals surface area contributed by atoms with Crippen molar-refractivity contribution in [2.24, 2.45) is 0 Å². The Balaban J connectivity index is 0.000000277. The van der Waals surface area contributed by atoms with Gasteiger partial charge in [-0.15, -0.1) is 0 Å². The van der Waals surface area contributed by atoms with Crippen molar-refractivity contribution in [2.75, 3.05) is 0 Å². The maximum atomic E-state index is 2.30. The van der Waals surface area contributed by atoms with Crippen molar-refractivity contribution in [1.82, 2.24) is 0 Å². The van der Waals surface area contributed by atoms with Crippen molar-refractivity contribution in [2.45, 2.75) is 102 Å². The van der Waals surface area contributed by atoms with Gasteiger partial charge in [-0.3, -0.25) is 0 Å². The second-order valence-corrected chi connectivity index (χ2v) is 9.50. The van der Waals surface area contributed by atoms with E-state index in [1.165, 1.54) is 66.8 Å². The monoisotopic (exact) mass is 366 g/mol. The van der Waals surface area contributed by atoms with Gasteiger partial charge in [-0.2, -0.15) is 0 Å². The van der Waals surface area contributed by atoms with Crippen molar-refractivity contribution in [1.29, 1.82) is 0 Å². The van der Waals surface area contributed by atoms with Gasteiger partial charge in [0.15, 0.2) is 0 Å². The molecule has 2 rings (SSSR count). The Labute approximate surface area is 169 Å². The molecule has 0 heterocycles. The lowest BCUT2D eigenvalue weighted by Crippen LogP contribution is -2.17. The van der Waals surface area contributed by atoms with E-state index in [-0.39, 0.29) is 5.41 Å². The highest BCUT2D eigenvalue weighted by Gasteiger charge is 2.22. The summed E-state index contributed by atoms with van der Waals surface area (Å²) >= 11 is 0. The molecule has 0 N–H and O–H groups in total. The Morgan fingerprint density at radius 2 is 0.444 bits per heavy atom. The smallest absolute Gasteiger partial charge is 0.0126 e. The molecule has 0 aliphatic heterocycles. The van der Waals surface area contributed by atoms with E-state index in [2.05, 4.69) is 96.9 Å². The van der Waals surface area contributed by atoms with Crippen molar-refractivity contribution >= 4 is 0 Å². The normalized spacial score (nSPS) is 11.3. The van der Waals surface area contributed by atoms with E-state index in [9.17, 15) is 0 Å². The molecule has 0 amide bonds. The molecular formula is C27H42. The van der Waals surface area contributed by atoms with E-state index in [4.69, 9.17) is 0 Å². The summed E-state index contributed by atoms with van der Waals surface area (Å²) in [5.74, 6) is 0. The number of benzene rings is 2. The van der Waals surface area contributed by atoms with Crippen LogP contribution in [0.2, 0.25) is 0 Å². The minimum Gasteiger partial charge on any atom is -0.0561 e. The van der Waals surface area contributed by atoms with Crippen molar-refractivity contribution < 1.29 is 0 Å². The summed E-state index contributed by atoms with van der Waals surface area (Å²) in [7, 11) is 0. The second-order valence-electron chi connectivity index (χ2n) is 9.50. The molecule has 0 heteroatoms. The number of rotatable bonds is 0. The lowest BCUT2D eigenvalue weighted by atomic mass is 9.77. The van der Waals surface area contributed by atoms with E-state index in [0.717, 1.165) is 0 Å². The topological polar surface area (TPSA) is 0 Å². The summed E-state index contributed by atoms with van der Waals surface area (Å²) in [6.45, 7) is 31.4. The van der Waals surface area contributed by atoms with Crippen LogP contribution in [0, 0.1) is 76.2 Å². The zero-order valence-electron chi connectivity index (χ0n) is 20.5. The maximum absolute atomic E-state index is 2.30. The fourth-order valence-electron chi connectivity index (χ4n) is 4.31. The Kier molecular flexibility index (Phi) is 7.14. The largest absolute Gasteiger partial charge is 0.0561 e. The molecule has 0 radical (unpaired) electrons. The highest BCUT2D eigenvalue weighted by molar-refractivity contribution is 5.52. The van der Waals surface area contributed by atoms with Crippen LogP contribution in [0.4, 0.5) is 0 Å². The van der Waals surface area contributed by atoms with Crippen LogP contribution in [-0.2, 0) is 5.41 Å². The van der Waals surface area contributed by atoms with Gasteiger partial charge >= 0.3 is 0 Å². The Bertz CT molecular complexity index is 721. The lowest BCUT2D eigenvalue weighted by molar-refractivity contribution is 0.580. The van der Waals surface area contributed by atoms with E-state index < -0.39 is 0 Å². The first-order valence-electron chi connectivity index (χ1n) is 10.2. The average molecular weight is 367 g/mol. The summed E-state index contributed by atoms with van der Waals surface area (Å²) in [4.78, 5) is 0. The van der Waals surface area contributed by atoms with Crippen LogP contribution < -0.4 is 0 Å². The summed E-state index contributed by atoms with van der Waals surface area (Å²) in [5.41, 5.74) is 17.8. The van der Waals surface area contributed by atoms with Gasteiger partial charge < -0.3 is 0 Å². The summed E-state index contributed by atoms with van der Waals surface area (Å²) in [6, 6.07) is 0. The van der Waals surface area contributed by atoms with Crippen molar-refractivity contribution in [3.05, 3.63) is 66.8 Å². The van der Waals surface area contributed by atoms with Gasteiger partial charge in [0.05, 0.1) is 0 Å². The quantitative estimate of drug-likeness (QED) is 0.442. The van der Waals surface area contributed by atoms with Crippen molar-refractivity contribution in [3.63, 3.8) is 0 Å². The first-order valence-corrected chi connectivity index (χ1v) is 10.2.